The fourth-order valence-electron chi connectivity index (χ4n) is 2.90. The van der Waals surface area contributed by atoms with E-state index in [4.69, 9.17) is 12.2 Å². The van der Waals surface area contributed by atoms with Gasteiger partial charge in [-0.1, -0.05) is 29.8 Å². The van der Waals surface area contributed by atoms with Crippen molar-refractivity contribution >= 4 is 12.2 Å². The van der Waals surface area contributed by atoms with E-state index < -0.39 is 0 Å². The van der Waals surface area contributed by atoms with Crippen LogP contribution < -0.4 is 0 Å². The van der Waals surface area contributed by atoms with Crippen molar-refractivity contribution in [2.24, 2.45) is 0 Å². The molecule has 0 saturated carbocycles. The number of nitrogens with zero attached hydrogens (tertiary/aromatic N) is 4. The van der Waals surface area contributed by atoms with Gasteiger partial charge in [0, 0.05) is 6.54 Å². The first-order chi connectivity index (χ1) is 11.9. The normalized spacial score (nSPS) is 11.2. The maximum Gasteiger partial charge on any atom is 0.203 e. The summed E-state index contributed by atoms with van der Waals surface area (Å²) in [6.07, 6.45) is 1.75. The van der Waals surface area contributed by atoms with Crippen molar-refractivity contribution in [3.05, 3.63) is 76.1 Å². The average Bonchev–Trinajstić information content (AvgIpc) is 2.88. The van der Waals surface area contributed by atoms with Crippen LogP contribution in [-0.2, 0) is 13.2 Å². The second-order valence-corrected chi connectivity index (χ2v) is 6.72. The maximum absolute atomic E-state index is 13.3. The summed E-state index contributed by atoms with van der Waals surface area (Å²) in [7, 11) is 1.96. The average molecular weight is 356 g/mol. The van der Waals surface area contributed by atoms with Crippen molar-refractivity contribution in [2.45, 2.75) is 27.1 Å². The molecule has 4 nitrogen and oxygen atoms in total. The van der Waals surface area contributed by atoms with E-state index in [0.29, 0.717) is 18.0 Å². The molecular formula is C19H21FN4S. The monoisotopic (exact) mass is 356 g/mol. The Kier molecular flexibility index (Phi) is 5.11. The molecule has 0 fully saturated rings. The van der Waals surface area contributed by atoms with Gasteiger partial charge in [-0.2, -0.15) is 5.10 Å². The third kappa shape index (κ3) is 4.03. The van der Waals surface area contributed by atoms with Crippen LogP contribution in [0.3, 0.4) is 0 Å². The number of benzene rings is 2. The summed E-state index contributed by atoms with van der Waals surface area (Å²) >= 11 is 5.58. The minimum Gasteiger partial charge on any atom is -0.283 e. The van der Waals surface area contributed by atoms with Gasteiger partial charge in [-0.3, -0.25) is 9.47 Å². The van der Waals surface area contributed by atoms with Crippen LogP contribution >= 0.6 is 12.2 Å². The van der Waals surface area contributed by atoms with Crippen LogP contribution in [0, 0.1) is 24.4 Å². The van der Waals surface area contributed by atoms with Crippen LogP contribution in [0.2, 0.25) is 0 Å². The molecule has 0 aliphatic rings. The Labute approximate surface area is 152 Å². The van der Waals surface area contributed by atoms with Gasteiger partial charge in [0.1, 0.15) is 12.1 Å². The van der Waals surface area contributed by atoms with Crippen molar-refractivity contribution in [2.75, 3.05) is 7.05 Å². The van der Waals surface area contributed by atoms with Crippen molar-refractivity contribution in [1.29, 1.82) is 0 Å². The number of aromatic nitrogens is 3. The Morgan fingerprint density at radius 3 is 2.68 bits per heavy atom. The third-order valence-electron chi connectivity index (χ3n) is 4.06. The number of hydrogen-bond acceptors (Lipinski definition) is 3. The summed E-state index contributed by atoms with van der Waals surface area (Å²) in [4.78, 5) is 2.05. The molecule has 0 N–H and O–H groups in total. The predicted molar refractivity (Wildman–Crippen MR) is 99.7 cm³/mol. The molecule has 3 rings (SSSR count). The lowest BCUT2D eigenvalue weighted by Gasteiger charge is -2.16. The number of aryl methyl sites for hydroxylation is 2. The van der Waals surface area contributed by atoms with Crippen LogP contribution in [0.15, 0.2) is 48.8 Å². The van der Waals surface area contributed by atoms with Gasteiger partial charge < -0.3 is 0 Å². The summed E-state index contributed by atoms with van der Waals surface area (Å²) in [6, 6.07) is 12.9. The van der Waals surface area contributed by atoms with E-state index in [1.807, 2.05) is 22.6 Å². The van der Waals surface area contributed by atoms with Crippen LogP contribution in [0.25, 0.3) is 5.69 Å². The standard InChI is InChI=1S/C19H21FN4S/c1-14-7-8-18(15(2)9-14)23-12-21-24(19(23)25)13-22(3)11-16-5-4-6-17(20)10-16/h4-10,12H,11,13H2,1-3H3. The molecule has 0 saturated heterocycles. The predicted octanol–water partition coefficient (Wildman–Crippen LogP) is 4.25. The topological polar surface area (TPSA) is 26.0 Å². The van der Waals surface area contributed by atoms with Crippen LogP contribution in [-0.4, -0.2) is 26.3 Å². The molecule has 2 aromatic carbocycles. The van der Waals surface area contributed by atoms with E-state index in [9.17, 15) is 4.39 Å². The van der Waals surface area contributed by atoms with E-state index in [0.717, 1.165) is 16.8 Å². The molecule has 0 unspecified atom stereocenters. The zero-order chi connectivity index (χ0) is 18.0. The first-order valence-corrected chi connectivity index (χ1v) is 8.50. The van der Waals surface area contributed by atoms with Crippen LogP contribution in [0.5, 0.6) is 0 Å². The van der Waals surface area contributed by atoms with Gasteiger partial charge >= 0.3 is 0 Å². The Morgan fingerprint density at radius 2 is 1.96 bits per heavy atom. The summed E-state index contributed by atoms with van der Waals surface area (Å²) in [6.45, 7) is 5.29. The Bertz CT molecular complexity index is 945. The molecule has 0 spiro atoms. The highest BCUT2D eigenvalue weighted by molar-refractivity contribution is 7.71. The lowest BCUT2D eigenvalue weighted by Crippen LogP contribution is -2.22. The first-order valence-electron chi connectivity index (χ1n) is 8.09. The Hall–Kier alpha value is -2.31. The summed E-state index contributed by atoms with van der Waals surface area (Å²) in [5, 5.41) is 4.41. The van der Waals surface area contributed by atoms with E-state index in [-0.39, 0.29) is 5.82 Å². The summed E-state index contributed by atoms with van der Waals surface area (Å²) in [5.74, 6) is -0.221. The molecule has 1 heterocycles. The van der Waals surface area contributed by atoms with Gasteiger partial charge in [0.2, 0.25) is 4.77 Å². The van der Waals surface area contributed by atoms with E-state index >= 15 is 0 Å². The molecule has 0 aliphatic carbocycles. The third-order valence-corrected chi connectivity index (χ3v) is 4.47. The molecule has 3 aromatic rings. The Morgan fingerprint density at radius 1 is 1.16 bits per heavy atom. The second-order valence-electron chi connectivity index (χ2n) is 6.36. The molecule has 0 amide bonds. The van der Waals surface area contributed by atoms with E-state index in [2.05, 4.69) is 37.1 Å². The van der Waals surface area contributed by atoms with Gasteiger partial charge in [-0.05, 0) is 62.4 Å². The van der Waals surface area contributed by atoms with E-state index in [1.54, 1.807) is 23.1 Å². The molecule has 6 heteroatoms. The molecule has 1 aromatic heterocycles. The molecule has 0 radical (unpaired) electrons. The fourth-order valence-corrected chi connectivity index (χ4v) is 3.15. The Balaban J connectivity index is 1.78. The van der Waals surface area contributed by atoms with Gasteiger partial charge in [-0.15, -0.1) is 0 Å². The zero-order valence-electron chi connectivity index (χ0n) is 14.6. The largest absolute Gasteiger partial charge is 0.283 e. The quantitative estimate of drug-likeness (QED) is 0.639. The molecule has 25 heavy (non-hydrogen) atoms. The summed E-state index contributed by atoms with van der Waals surface area (Å²) < 4.78 is 17.6. The fraction of sp³-hybridized carbons (Fsp3) is 0.263. The van der Waals surface area contributed by atoms with Crippen molar-refractivity contribution < 1.29 is 4.39 Å². The van der Waals surface area contributed by atoms with Gasteiger partial charge in [-0.25, -0.2) is 9.07 Å². The van der Waals surface area contributed by atoms with Crippen molar-refractivity contribution in [1.82, 2.24) is 19.2 Å². The molecule has 0 bridgehead atoms. The van der Waals surface area contributed by atoms with Crippen molar-refractivity contribution in [3.8, 4) is 5.69 Å². The van der Waals surface area contributed by atoms with Gasteiger partial charge in [0.05, 0.1) is 12.4 Å². The zero-order valence-corrected chi connectivity index (χ0v) is 15.4. The molecular weight excluding hydrogens is 335 g/mol. The van der Waals surface area contributed by atoms with Gasteiger partial charge in [0.15, 0.2) is 0 Å². The van der Waals surface area contributed by atoms with Crippen LogP contribution in [0.4, 0.5) is 4.39 Å². The number of hydrogen-bond donors (Lipinski definition) is 0. The highest BCUT2D eigenvalue weighted by Crippen LogP contribution is 2.16. The van der Waals surface area contributed by atoms with Crippen LogP contribution in [0.1, 0.15) is 16.7 Å². The highest BCUT2D eigenvalue weighted by atomic mass is 32.1. The number of halogens is 1. The lowest BCUT2D eigenvalue weighted by atomic mass is 10.1. The number of rotatable bonds is 5. The second kappa shape index (κ2) is 7.29. The SMILES string of the molecule is Cc1ccc(-n2cnn(CN(C)Cc3cccc(F)c3)c2=S)c(C)c1. The minimum atomic E-state index is -0.221. The minimum absolute atomic E-state index is 0.221. The molecule has 0 atom stereocenters. The van der Waals surface area contributed by atoms with Gasteiger partial charge in [0.25, 0.3) is 0 Å². The smallest absolute Gasteiger partial charge is 0.203 e. The maximum atomic E-state index is 13.3. The summed E-state index contributed by atoms with van der Waals surface area (Å²) in [5.41, 5.74) is 4.33. The molecule has 0 aliphatic heterocycles. The lowest BCUT2D eigenvalue weighted by molar-refractivity contribution is 0.244. The van der Waals surface area contributed by atoms with E-state index in [1.165, 1.54) is 11.6 Å². The molecule has 130 valence electrons. The first kappa shape index (κ1) is 17.5. The van der Waals surface area contributed by atoms with Crippen molar-refractivity contribution in [3.63, 3.8) is 0 Å². The highest BCUT2D eigenvalue weighted by Gasteiger charge is 2.09.